The van der Waals surface area contributed by atoms with E-state index >= 15 is 0 Å². The van der Waals surface area contributed by atoms with Crippen LogP contribution in [0.5, 0.6) is 0 Å². The minimum absolute atomic E-state index is 0.130. The van der Waals surface area contributed by atoms with Gasteiger partial charge in [0.25, 0.3) is 0 Å². The van der Waals surface area contributed by atoms with Gasteiger partial charge < -0.3 is 10.2 Å². The molecule has 0 aliphatic carbocycles. The number of hydrogen-bond acceptors (Lipinski definition) is 1. The van der Waals surface area contributed by atoms with E-state index in [1.54, 1.807) is 0 Å². The van der Waals surface area contributed by atoms with Gasteiger partial charge in [-0.1, -0.05) is 64.7 Å². The van der Waals surface area contributed by atoms with Gasteiger partial charge in [-0.25, -0.2) is 4.79 Å². The molecule has 0 spiro atoms. The first-order valence-electron chi connectivity index (χ1n) is 7.87. The van der Waals surface area contributed by atoms with Gasteiger partial charge in [0.1, 0.15) is 0 Å². The van der Waals surface area contributed by atoms with Crippen LogP contribution in [0.1, 0.15) is 71.1 Å². The molecule has 1 rings (SSSR count). The van der Waals surface area contributed by atoms with Gasteiger partial charge in [0, 0.05) is 19.6 Å². The number of carbonyl (C=O) groups excluding carboxylic acids is 1. The molecule has 0 aromatic rings. The number of unbranched alkanes of at least 4 members (excludes halogenated alkanes) is 9. The SMILES string of the molecule is CCCCCCCCCCCCNC(=O)N1CC1. The summed E-state index contributed by atoms with van der Waals surface area (Å²) in [5.41, 5.74) is 0. The van der Waals surface area contributed by atoms with Crippen LogP contribution < -0.4 is 5.32 Å². The Morgan fingerprint density at radius 2 is 1.39 bits per heavy atom. The quantitative estimate of drug-likeness (QED) is 0.439. The summed E-state index contributed by atoms with van der Waals surface area (Å²) < 4.78 is 0. The minimum atomic E-state index is 0.130. The van der Waals surface area contributed by atoms with E-state index in [9.17, 15) is 4.79 Å². The van der Waals surface area contributed by atoms with Gasteiger partial charge in [0.05, 0.1) is 0 Å². The number of nitrogens with one attached hydrogen (secondary N) is 1. The maximum atomic E-state index is 11.3. The predicted molar refractivity (Wildman–Crippen MR) is 76.8 cm³/mol. The molecule has 1 aliphatic rings. The van der Waals surface area contributed by atoms with Crippen LogP contribution in [0, 0.1) is 0 Å². The van der Waals surface area contributed by atoms with Crippen molar-refractivity contribution in [2.75, 3.05) is 19.6 Å². The molecule has 1 fully saturated rings. The van der Waals surface area contributed by atoms with E-state index in [-0.39, 0.29) is 6.03 Å². The highest BCUT2D eigenvalue weighted by Crippen LogP contribution is 2.10. The van der Waals surface area contributed by atoms with Gasteiger partial charge in [-0.2, -0.15) is 0 Å². The molecule has 1 saturated heterocycles. The Kier molecular flexibility index (Phi) is 8.70. The molecule has 0 aromatic heterocycles. The van der Waals surface area contributed by atoms with Gasteiger partial charge in [0.2, 0.25) is 0 Å². The van der Waals surface area contributed by atoms with Gasteiger partial charge in [0.15, 0.2) is 0 Å². The molecule has 3 nitrogen and oxygen atoms in total. The second-order valence-electron chi connectivity index (χ2n) is 5.40. The normalized spacial score (nSPS) is 13.7. The Hall–Kier alpha value is -0.730. The summed E-state index contributed by atoms with van der Waals surface area (Å²) in [5, 5.41) is 2.96. The van der Waals surface area contributed by atoms with E-state index in [0.717, 1.165) is 26.1 Å². The lowest BCUT2D eigenvalue weighted by Crippen LogP contribution is -2.29. The van der Waals surface area contributed by atoms with E-state index in [4.69, 9.17) is 0 Å². The summed E-state index contributed by atoms with van der Waals surface area (Å²) in [7, 11) is 0. The molecular formula is C15H30N2O. The Labute approximate surface area is 112 Å². The Morgan fingerprint density at radius 3 is 1.89 bits per heavy atom. The molecule has 3 heteroatoms. The molecule has 0 radical (unpaired) electrons. The van der Waals surface area contributed by atoms with Crippen molar-refractivity contribution in [2.24, 2.45) is 0 Å². The molecule has 1 aliphatic heterocycles. The average Bonchev–Trinajstić information content (AvgIpc) is 3.20. The van der Waals surface area contributed by atoms with Crippen molar-refractivity contribution in [2.45, 2.75) is 71.1 Å². The van der Waals surface area contributed by atoms with Gasteiger partial charge in [-0.05, 0) is 6.42 Å². The Balaban J connectivity index is 1.69. The van der Waals surface area contributed by atoms with Crippen molar-refractivity contribution in [3.05, 3.63) is 0 Å². The molecule has 0 bridgehead atoms. The zero-order chi connectivity index (χ0) is 13.1. The van der Waals surface area contributed by atoms with E-state index < -0.39 is 0 Å². The van der Waals surface area contributed by atoms with Crippen molar-refractivity contribution in [1.29, 1.82) is 0 Å². The van der Waals surface area contributed by atoms with Crippen LogP contribution in [0.3, 0.4) is 0 Å². The number of nitrogens with zero attached hydrogens (tertiary/aromatic N) is 1. The summed E-state index contributed by atoms with van der Waals surface area (Å²) >= 11 is 0. The maximum Gasteiger partial charge on any atom is 0.317 e. The molecule has 106 valence electrons. The first kappa shape index (κ1) is 15.3. The van der Waals surface area contributed by atoms with Crippen molar-refractivity contribution < 1.29 is 4.79 Å². The first-order chi connectivity index (χ1) is 8.84. The summed E-state index contributed by atoms with van der Waals surface area (Å²) in [5.74, 6) is 0. The van der Waals surface area contributed by atoms with E-state index in [1.807, 2.05) is 4.90 Å². The van der Waals surface area contributed by atoms with Crippen molar-refractivity contribution in [3.63, 3.8) is 0 Å². The lowest BCUT2D eigenvalue weighted by Gasteiger charge is -2.05. The summed E-state index contributed by atoms with van der Waals surface area (Å²) in [6.07, 6.45) is 13.5. The molecular weight excluding hydrogens is 224 g/mol. The molecule has 1 heterocycles. The largest absolute Gasteiger partial charge is 0.338 e. The van der Waals surface area contributed by atoms with Crippen LogP contribution in [0.2, 0.25) is 0 Å². The monoisotopic (exact) mass is 254 g/mol. The average molecular weight is 254 g/mol. The van der Waals surface area contributed by atoms with Crippen LogP contribution >= 0.6 is 0 Å². The molecule has 0 unspecified atom stereocenters. The number of amides is 2. The second kappa shape index (κ2) is 10.2. The van der Waals surface area contributed by atoms with E-state index in [2.05, 4.69) is 12.2 Å². The van der Waals surface area contributed by atoms with Crippen molar-refractivity contribution in [3.8, 4) is 0 Å². The third-order valence-corrected chi connectivity index (χ3v) is 3.54. The van der Waals surface area contributed by atoms with Crippen LogP contribution in [0.25, 0.3) is 0 Å². The fraction of sp³-hybridized carbons (Fsp3) is 0.933. The van der Waals surface area contributed by atoms with Crippen molar-refractivity contribution in [1.82, 2.24) is 10.2 Å². The van der Waals surface area contributed by atoms with E-state index in [0.29, 0.717) is 0 Å². The standard InChI is InChI=1S/C15H30N2O/c1-2-3-4-5-6-7-8-9-10-11-12-16-15(18)17-13-14-17/h2-14H2,1H3,(H,16,18). The second-order valence-corrected chi connectivity index (χ2v) is 5.40. The number of urea groups is 1. The molecule has 2 amide bonds. The zero-order valence-corrected chi connectivity index (χ0v) is 12.0. The smallest absolute Gasteiger partial charge is 0.317 e. The highest BCUT2D eigenvalue weighted by molar-refractivity contribution is 5.76. The summed E-state index contributed by atoms with van der Waals surface area (Å²) in [4.78, 5) is 13.1. The molecule has 18 heavy (non-hydrogen) atoms. The highest BCUT2D eigenvalue weighted by Gasteiger charge is 2.22. The third kappa shape index (κ3) is 8.37. The topological polar surface area (TPSA) is 32.1 Å². The lowest BCUT2D eigenvalue weighted by atomic mass is 10.1. The zero-order valence-electron chi connectivity index (χ0n) is 12.0. The van der Waals surface area contributed by atoms with Crippen LogP contribution in [0.15, 0.2) is 0 Å². The van der Waals surface area contributed by atoms with Gasteiger partial charge >= 0.3 is 6.03 Å². The van der Waals surface area contributed by atoms with Crippen molar-refractivity contribution >= 4 is 6.03 Å². The van der Waals surface area contributed by atoms with Crippen LogP contribution in [-0.2, 0) is 0 Å². The highest BCUT2D eigenvalue weighted by atomic mass is 16.2. The fourth-order valence-electron chi connectivity index (χ4n) is 2.17. The maximum absolute atomic E-state index is 11.3. The van der Waals surface area contributed by atoms with Gasteiger partial charge in [-0.15, -0.1) is 0 Å². The Bertz CT molecular complexity index is 215. The molecule has 1 N–H and O–H groups in total. The molecule has 0 atom stereocenters. The number of rotatable bonds is 11. The number of hydrogen-bond donors (Lipinski definition) is 1. The molecule has 0 aromatic carbocycles. The first-order valence-corrected chi connectivity index (χ1v) is 7.87. The minimum Gasteiger partial charge on any atom is -0.338 e. The van der Waals surface area contributed by atoms with E-state index in [1.165, 1.54) is 57.8 Å². The van der Waals surface area contributed by atoms with Crippen LogP contribution in [0.4, 0.5) is 4.79 Å². The number of carbonyl (C=O) groups is 1. The predicted octanol–water partition coefficient (Wildman–Crippen LogP) is 3.93. The van der Waals surface area contributed by atoms with Gasteiger partial charge in [-0.3, -0.25) is 0 Å². The summed E-state index contributed by atoms with van der Waals surface area (Å²) in [6, 6.07) is 0.130. The van der Waals surface area contributed by atoms with Crippen LogP contribution in [-0.4, -0.2) is 30.6 Å². The fourth-order valence-corrected chi connectivity index (χ4v) is 2.17. The third-order valence-electron chi connectivity index (χ3n) is 3.54. The Morgan fingerprint density at radius 1 is 0.889 bits per heavy atom. The summed E-state index contributed by atoms with van der Waals surface area (Å²) in [6.45, 7) is 5.01. The molecule has 0 saturated carbocycles. The lowest BCUT2D eigenvalue weighted by molar-refractivity contribution is 0.229.